The molecule has 0 saturated heterocycles. The van der Waals surface area contributed by atoms with Crippen LogP contribution < -0.4 is 10.1 Å². The molecule has 5 nitrogen and oxygen atoms in total. The first-order valence-electron chi connectivity index (χ1n) is 8.49. The molecule has 0 spiro atoms. The number of nitrogens with zero attached hydrogens (tertiary/aromatic N) is 1. The number of anilines is 1. The average Bonchev–Trinajstić information content (AvgIpc) is 3.29. The van der Waals surface area contributed by atoms with Crippen molar-refractivity contribution in [1.82, 2.24) is 4.98 Å². The highest BCUT2D eigenvalue weighted by molar-refractivity contribution is 7.14. The van der Waals surface area contributed by atoms with Crippen LogP contribution in [0.25, 0.3) is 22.4 Å². The summed E-state index contributed by atoms with van der Waals surface area (Å²) in [7, 11) is 1.63. The fraction of sp³-hybridized carbons (Fsp3) is 0.143. The SMILES string of the molecule is COc1ccc2oc(-c3csc(NC(=O)Cc4ccc(C)cc4)n3)cc2c1. The molecule has 4 aromatic rings. The highest BCUT2D eigenvalue weighted by atomic mass is 32.1. The number of carbonyl (C=O) groups is 1. The Kier molecular flexibility index (Phi) is 4.64. The van der Waals surface area contributed by atoms with Gasteiger partial charge in [-0.05, 0) is 36.8 Å². The molecule has 0 bridgehead atoms. The van der Waals surface area contributed by atoms with E-state index in [-0.39, 0.29) is 5.91 Å². The number of aromatic nitrogens is 1. The lowest BCUT2D eigenvalue weighted by Crippen LogP contribution is -2.14. The first kappa shape index (κ1) is 17.3. The van der Waals surface area contributed by atoms with Crippen LogP contribution in [0.1, 0.15) is 11.1 Å². The summed E-state index contributed by atoms with van der Waals surface area (Å²) in [5, 5.41) is 6.23. The lowest BCUT2D eigenvalue weighted by molar-refractivity contribution is -0.115. The molecular weight excluding hydrogens is 360 g/mol. The minimum atomic E-state index is -0.0888. The molecular formula is C21H18N2O3S. The Morgan fingerprint density at radius 1 is 1.19 bits per heavy atom. The van der Waals surface area contributed by atoms with E-state index in [0.717, 1.165) is 22.3 Å². The zero-order valence-electron chi connectivity index (χ0n) is 15.0. The molecule has 27 heavy (non-hydrogen) atoms. The number of furan rings is 1. The molecule has 2 heterocycles. The van der Waals surface area contributed by atoms with E-state index in [4.69, 9.17) is 9.15 Å². The Balaban J connectivity index is 1.48. The van der Waals surface area contributed by atoms with E-state index in [0.29, 0.717) is 23.0 Å². The van der Waals surface area contributed by atoms with Crippen LogP contribution in [0.15, 0.2) is 58.3 Å². The van der Waals surface area contributed by atoms with E-state index in [1.165, 1.54) is 16.9 Å². The Hall–Kier alpha value is -3.12. The van der Waals surface area contributed by atoms with Gasteiger partial charge in [-0.1, -0.05) is 29.8 Å². The molecule has 0 radical (unpaired) electrons. The van der Waals surface area contributed by atoms with Crippen molar-refractivity contribution >= 4 is 33.3 Å². The molecule has 4 rings (SSSR count). The van der Waals surface area contributed by atoms with Crippen LogP contribution in [-0.2, 0) is 11.2 Å². The second kappa shape index (κ2) is 7.25. The van der Waals surface area contributed by atoms with E-state index in [2.05, 4.69) is 10.3 Å². The number of carbonyl (C=O) groups excluding carboxylic acids is 1. The maximum absolute atomic E-state index is 12.2. The van der Waals surface area contributed by atoms with Crippen molar-refractivity contribution in [2.45, 2.75) is 13.3 Å². The van der Waals surface area contributed by atoms with Crippen LogP contribution in [-0.4, -0.2) is 18.0 Å². The molecule has 0 atom stereocenters. The van der Waals surface area contributed by atoms with E-state index in [1.807, 2.05) is 60.8 Å². The summed E-state index contributed by atoms with van der Waals surface area (Å²) in [4.78, 5) is 16.7. The van der Waals surface area contributed by atoms with Gasteiger partial charge < -0.3 is 14.5 Å². The number of ether oxygens (including phenoxy) is 1. The second-order valence-electron chi connectivity index (χ2n) is 6.26. The monoisotopic (exact) mass is 378 g/mol. The van der Waals surface area contributed by atoms with Gasteiger partial charge in [-0.3, -0.25) is 4.79 Å². The van der Waals surface area contributed by atoms with Crippen molar-refractivity contribution in [1.29, 1.82) is 0 Å². The topological polar surface area (TPSA) is 64.4 Å². The van der Waals surface area contributed by atoms with E-state index in [1.54, 1.807) is 7.11 Å². The van der Waals surface area contributed by atoms with Gasteiger partial charge in [0, 0.05) is 10.8 Å². The molecule has 0 aliphatic heterocycles. The zero-order chi connectivity index (χ0) is 18.8. The Morgan fingerprint density at radius 2 is 2.00 bits per heavy atom. The van der Waals surface area contributed by atoms with Crippen LogP contribution in [0, 0.1) is 6.92 Å². The summed E-state index contributed by atoms with van der Waals surface area (Å²) in [6.07, 6.45) is 0.319. The lowest BCUT2D eigenvalue weighted by Gasteiger charge is -2.02. The number of rotatable bonds is 5. The summed E-state index contributed by atoms with van der Waals surface area (Å²) in [6.45, 7) is 2.02. The number of thiazole rings is 1. The number of hydrogen-bond acceptors (Lipinski definition) is 5. The first-order valence-corrected chi connectivity index (χ1v) is 9.37. The molecule has 0 saturated carbocycles. The summed E-state index contributed by atoms with van der Waals surface area (Å²) >= 11 is 1.38. The highest BCUT2D eigenvalue weighted by Crippen LogP contribution is 2.31. The van der Waals surface area contributed by atoms with Gasteiger partial charge in [0.1, 0.15) is 17.0 Å². The maximum atomic E-state index is 12.2. The maximum Gasteiger partial charge on any atom is 0.230 e. The minimum Gasteiger partial charge on any atom is -0.497 e. The van der Waals surface area contributed by atoms with Crippen LogP contribution in [0.4, 0.5) is 5.13 Å². The Labute approximate surface area is 160 Å². The minimum absolute atomic E-state index is 0.0888. The van der Waals surface area contributed by atoms with Crippen molar-refractivity contribution in [3.05, 3.63) is 65.0 Å². The molecule has 1 N–H and O–H groups in total. The van der Waals surface area contributed by atoms with Gasteiger partial charge in [0.25, 0.3) is 0 Å². The molecule has 2 aromatic heterocycles. The molecule has 0 unspecified atom stereocenters. The molecule has 2 aromatic carbocycles. The van der Waals surface area contributed by atoms with E-state index < -0.39 is 0 Å². The number of hydrogen-bond donors (Lipinski definition) is 1. The fourth-order valence-corrected chi connectivity index (χ4v) is 3.49. The largest absolute Gasteiger partial charge is 0.497 e. The van der Waals surface area contributed by atoms with Gasteiger partial charge in [0.2, 0.25) is 5.91 Å². The number of aryl methyl sites for hydroxylation is 1. The Morgan fingerprint density at radius 3 is 2.78 bits per heavy atom. The molecule has 1 amide bonds. The standard InChI is InChI=1S/C21H18N2O3S/c1-13-3-5-14(6-4-13)9-20(24)23-21-22-17(12-27-21)19-11-15-10-16(25-2)7-8-18(15)26-19/h3-8,10-12H,9H2,1-2H3,(H,22,23,24). The van der Waals surface area contributed by atoms with Gasteiger partial charge in [-0.2, -0.15) is 0 Å². The van der Waals surface area contributed by atoms with Crippen LogP contribution in [0.5, 0.6) is 5.75 Å². The quantitative estimate of drug-likeness (QED) is 0.527. The predicted molar refractivity (Wildman–Crippen MR) is 107 cm³/mol. The second-order valence-corrected chi connectivity index (χ2v) is 7.12. The molecule has 0 aliphatic carbocycles. The number of nitrogens with one attached hydrogen (secondary N) is 1. The number of amides is 1. The molecule has 0 fully saturated rings. The number of benzene rings is 2. The summed E-state index contributed by atoms with van der Waals surface area (Å²) < 4.78 is 11.1. The zero-order valence-corrected chi connectivity index (χ0v) is 15.8. The van der Waals surface area contributed by atoms with Crippen LogP contribution in [0.2, 0.25) is 0 Å². The molecule has 136 valence electrons. The normalized spacial score (nSPS) is 10.9. The van der Waals surface area contributed by atoms with Crippen LogP contribution >= 0.6 is 11.3 Å². The molecule has 6 heteroatoms. The van der Waals surface area contributed by atoms with Crippen molar-refractivity contribution in [2.24, 2.45) is 0 Å². The van der Waals surface area contributed by atoms with Crippen LogP contribution in [0.3, 0.4) is 0 Å². The summed E-state index contributed by atoms with van der Waals surface area (Å²) in [6, 6.07) is 15.5. The first-order chi connectivity index (χ1) is 13.1. The van der Waals surface area contributed by atoms with Gasteiger partial charge in [-0.15, -0.1) is 11.3 Å². The fourth-order valence-electron chi connectivity index (χ4n) is 2.77. The summed E-state index contributed by atoms with van der Waals surface area (Å²) in [5.41, 5.74) is 3.61. The third kappa shape index (κ3) is 3.85. The molecule has 0 aliphatic rings. The van der Waals surface area contributed by atoms with Gasteiger partial charge in [-0.25, -0.2) is 4.98 Å². The number of methoxy groups -OCH3 is 1. The van der Waals surface area contributed by atoms with Gasteiger partial charge in [0.05, 0.1) is 13.5 Å². The smallest absolute Gasteiger partial charge is 0.230 e. The van der Waals surface area contributed by atoms with Gasteiger partial charge >= 0.3 is 0 Å². The average molecular weight is 378 g/mol. The Bertz CT molecular complexity index is 1100. The van der Waals surface area contributed by atoms with E-state index in [9.17, 15) is 4.79 Å². The third-order valence-electron chi connectivity index (χ3n) is 4.21. The number of fused-ring (bicyclic) bond motifs is 1. The predicted octanol–water partition coefficient (Wildman–Crippen LogP) is 5.05. The van der Waals surface area contributed by atoms with Crippen molar-refractivity contribution in [2.75, 3.05) is 12.4 Å². The van der Waals surface area contributed by atoms with Crippen molar-refractivity contribution in [3.63, 3.8) is 0 Å². The van der Waals surface area contributed by atoms with Crippen molar-refractivity contribution in [3.8, 4) is 17.2 Å². The summed E-state index contributed by atoms with van der Waals surface area (Å²) in [5.74, 6) is 1.35. The van der Waals surface area contributed by atoms with E-state index >= 15 is 0 Å². The third-order valence-corrected chi connectivity index (χ3v) is 4.97. The highest BCUT2D eigenvalue weighted by Gasteiger charge is 2.13. The van der Waals surface area contributed by atoms with Crippen molar-refractivity contribution < 1.29 is 13.9 Å². The van der Waals surface area contributed by atoms with Gasteiger partial charge in [0.15, 0.2) is 10.9 Å². The lowest BCUT2D eigenvalue weighted by atomic mass is 10.1.